The van der Waals surface area contributed by atoms with Crippen molar-refractivity contribution in [3.8, 4) is 0 Å². The molecule has 160 valence electrons. The smallest absolute Gasteiger partial charge is 0.256 e. The van der Waals surface area contributed by atoms with Gasteiger partial charge in [0.05, 0.1) is 5.56 Å². The quantitative estimate of drug-likeness (QED) is 0.538. The van der Waals surface area contributed by atoms with Gasteiger partial charge in [-0.15, -0.1) is 0 Å². The highest BCUT2D eigenvalue weighted by molar-refractivity contribution is 7.98. The predicted molar refractivity (Wildman–Crippen MR) is 115 cm³/mol. The summed E-state index contributed by atoms with van der Waals surface area (Å²) in [5.74, 6) is -0.775. The minimum atomic E-state index is -0.514. The van der Waals surface area contributed by atoms with E-state index in [1.807, 2.05) is 20.1 Å². The zero-order chi connectivity index (χ0) is 21.7. The van der Waals surface area contributed by atoms with Crippen molar-refractivity contribution in [1.29, 1.82) is 0 Å². The van der Waals surface area contributed by atoms with Gasteiger partial charge in [-0.05, 0) is 50.6 Å². The van der Waals surface area contributed by atoms with Crippen LogP contribution >= 0.6 is 11.8 Å². The molecule has 8 heteroatoms. The molecule has 6 nitrogen and oxygen atoms in total. The summed E-state index contributed by atoms with van der Waals surface area (Å²) >= 11 is 1.50. The largest absolute Gasteiger partial charge is 0.341 e. The molecule has 1 fully saturated rings. The highest BCUT2D eigenvalue weighted by atomic mass is 32.2. The van der Waals surface area contributed by atoms with Crippen LogP contribution in [-0.2, 0) is 11.2 Å². The van der Waals surface area contributed by atoms with Crippen molar-refractivity contribution in [2.24, 2.45) is 0 Å². The Morgan fingerprint density at radius 2 is 1.67 bits per heavy atom. The lowest BCUT2D eigenvalue weighted by Gasteiger charge is -2.22. The van der Waals surface area contributed by atoms with Crippen molar-refractivity contribution < 1.29 is 14.0 Å². The van der Waals surface area contributed by atoms with Crippen LogP contribution in [0.2, 0.25) is 0 Å². The molecule has 0 unspecified atom stereocenters. The molecule has 0 spiro atoms. The summed E-state index contributed by atoms with van der Waals surface area (Å²) in [5.41, 5.74) is 2.93. The van der Waals surface area contributed by atoms with Crippen LogP contribution in [0.25, 0.3) is 0 Å². The van der Waals surface area contributed by atoms with Crippen molar-refractivity contribution in [2.45, 2.75) is 38.3 Å². The average Bonchev–Trinajstić information content (AvgIpc) is 2.99. The number of halogens is 1. The van der Waals surface area contributed by atoms with Gasteiger partial charge in [0.2, 0.25) is 5.91 Å². The van der Waals surface area contributed by atoms with Gasteiger partial charge in [-0.3, -0.25) is 9.59 Å². The molecule has 1 aromatic heterocycles. The molecule has 2 heterocycles. The van der Waals surface area contributed by atoms with Gasteiger partial charge >= 0.3 is 0 Å². The minimum Gasteiger partial charge on any atom is -0.341 e. The van der Waals surface area contributed by atoms with E-state index in [1.54, 1.807) is 21.9 Å². The number of carbonyl (C=O) groups is 2. The molecule has 1 aromatic carbocycles. The molecule has 0 radical (unpaired) electrons. The predicted octanol–water partition coefficient (Wildman–Crippen LogP) is 3.26. The van der Waals surface area contributed by atoms with E-state index in [4.69, 9.17) is 0 Å². The summed E-state index contributed by atoms with van der Waals surface area (Å²) in [6.07, 6.45) is 3.59. The van der Waals surface area contributed by atoms with Crippen molar-refractivity contribution in [3.63, 3.8) is 0 Å². The molecule has 30 heavy (non-hydrogen) atoms. The first kappa shape index (κ1) is 22.2. The topological polar surface area (TPSA) is 66.4 Å². The first-order valence-corrected chi connectivity index (χ1v) is 11.3. The van der Waals surface area contributed by atoms with E-state index in [9.17, 15) is 14.0 Å². The van der Waals surface area contributed by atoms with E-state index in [-0.39, 0.29) is 17.4 Å². The lowest BCUT2D eigenvalue weighted by Crippen LogP contribution is -2.37. The summed E-state index contributed by atoms with van der Waals surface area (Å²) in [4.78, 5) is 37.8. The molecular weight excluding hydrogens is 403 g/mol. The third kappa shape index (κ3) is 5.16. The van der Waals surface area contributed by atoms with Gasteiger partial charge in [-0.25, -0.2) is 14.4 Å². The fourth-order valence-corrected chi connectivity index (χ4v) is 4.18. The zero-order valence-electron chi connectivity index (χ0n) is 17.7. The monoisotopic (exact) mass is 430 g/mol. The summed E-state index contributed by atoms with van der Waals surface area (Å²) in [6, 6.07) is 6.02. The van der Waals surface area contributed by atoms with E-state index in [1.165, 1.54) is 23.9 Å². The summed E-state index contributed by atoms with van der Waals surface area (Å²) in [7, 11) is 0. The van der Waals surface area contributed by atoms with Gasteiger partial charge in [-0.2, -0.15) is 0 Å². The summed E-state index contributed by atoms with van der Waals surface area (Å²) < 4.78 is 14.0. The van der Waals surface area contributed by atoms with Gasteiger partial charge in [0.25, 0.3) is 5.91 Å². The Bertz CT molecular complexity index is 914. The van der Waals surface area contributed by atoms with Crippen LogP contribution < -0.4 is 0 Å². The number of hydrogen-bond acceptors (Lipinski definition) is 5. The standard InChI is InChI=1S/C22H27FN4O2S/c1-15-17(16(2)25-22(24-15)30-3)9-10-20(28)26-11-6-12-27(14-13-26)21(29)18-7-4-5-8-19(18)23/h4-5,7-8H,6,9-14H2,1-3H3. The minimum absolute atomic E-state index is 0.0583. The molecule has 0 atom stereocenters. The third-order valence-electron chi connectivity index (χ3n) is 5.41. The van der Waals surface area contributed by atoms with Crippen LogP contribution in [0.5, 0.6) is 0 Å². The Morgan fingerprint density at radius 3 is 2.33 bits per heavy atom. The Morgan fingerprint density at radius 1 is 1.03 bits per heavy atom. The summed E-state index contributed by atoms with van der Waals surface area (Å²) in [5, 5.41) is 0.743. The number of amides is 2. The Kier molecular flexibility index (Phi) is 7.42. The highest BCUT2D eigenvalue weighted by Gasteiger charge is 2.24. The van der Waals surface area contributed by atoms with Gasteiger partial charge in [0, 0.05) is 44.0 Å². The number of carbonyl (C=O) groups excluding carboxylic acids is 2. The number of benzene rings is 1. The number of nitrogens with zero attached hydrogens (tertiary/aromatic N) is 4. The first-order valence-electron chi connectivity index (χ1n) is 10.1. The molecule has 3 rings (SSSR count). The molecule has 0 bridgehead atoms. The second kappa shape index (κ2) is 10.0. The molecule has 1 aliphatic heterocycles. The Balaban J connectivity index is 1.58. The van der Waals surface area contributed by atoms with Gasteiger partial charge < -0.3 is 9.80 Å². The number of rotatable bonds is 5. The second-order valence-corrected chi connectivity index (χ2v) is 8.14. The first-order chi connectivity index (χ1) is 14.4. The molecule has 2 aromatic rings. The lowest BCUT2D eigenvalue weighted by molar-refractivity contribution is -0.131. The highest BCUT2D eigenvalue weighted by Crippen LogP contribution is 2.18. The molecule has 0 aliphatic carbocycles. The SMILES string of the molecule is CSc1nc(C)c(CCC(=O)N2CCCN(C(=O)c3ccccc3F)CC2)c(C)n1. The Labute approximate surface area is 180 Å². The maximum absolute atomic E-state index is 14.0. The molecule has 1 aliphatic rings. The van der Waals surface area contributed by atoms with Gasteiger partial charge in [0.15, 0.2) is 5.16 Å². The Hall–Kier alpha value is -2.48. The fraction of sp³-hybridized carbons (Fsp3) is 0.455. The van der Waals surface area contributed by atoms with Crippen LogP contribution in [0.15, 0.2) is 29.4 Å². The number of aryl methyl sites for hydroxylation is 2. The van der Waals surface area contributed by atoms with Crippen LogP contribution in [0, 0.1) is 19.7 Å². The second-order valence-electron chi connectivity index (χ2n) is 7.37. The van der Waals surface area contributed by atoms with E-state index < -0.39 is 5.82 Å². The number of hydrogen-bond donors (Lipinski definition) is 0. The normalized spacial score (nSPS) is 14.5. The van der Waals surface area contributed by atoms with Crippen molar-refractivity contribution in [2.75, 3.05) is 32.4 Å². The van der Waals surface area contributed by atoms with Crippen molar-refractivity contribution in [1.82, 2.24) is 19.8 Å². The van der Waals surface area contributed by atoms with Crippen LogP contribution in [0.1, 0.15) is 40.2 Å². The van der Waals surface area contributed by atoms with Crippen LogP contribution in [0.3, 0.4) is 0 Å². The molecule has 2 amide bonds. The fourth-order valence-electron chi connectivity index (χ4n) is 3.73. The van der Waals surface area contributed by atoms with Crippen LogP contribution in [0.4, 0.5) is 4.39 Å². The lowest BCUT2D eigenvalue weighted by atomic mass is 10.1. The molecular formula is C22H27FN4O2S. The van der Waals surface area contributed by atoms with E-state index in [0.29, 0.717) is 45.4 Å². The number of aromatic nitrogens is 2. The number of thioether (sulfide) groups is 1. The van der Waals surface area contributed by atoms with E-state index in [0.717, 1.165) is 22.1 Å². The third-order valence-corrected chi connectivity index (χ3v) is 5.96. The summed E-state index contributed by atoms with van der Waals surface area (Å²) in [6.45, 7) is 5.87. The zero-order valence-corrected chi connectivity index (χ0v) is 18.5. The van der Waals surface area contributed by atoms with Gasteiger partial charge in [-0.1, -0.05) is 23.9 Å². The van der Waals surface area contributed by atoms with E-state index in [2.05, 4.69) is 9.97 Å². The van der Waals surface area contributed by atoms with Crippen molar-refractivity contribution >= 4 is 23.6 Å². The molecule has 0 saturated carbocycles. The van der Waals surface area contributed by atoms with Crippen LogP contribution in [-0.4, -0.2) is 64.0 Å². The van der Waals surface area contributed by atoms with Gasteiger partial charge in [0.1, 0.15) is 5.82 Å². The average molecular weight is 431 g/mol. The maximum atomic E-state index is 14.0. The maximum Gasteiger partial charge on any atom is 0.256 e. The molecule has 0 N–H and O–H groups in total. The van der Waals surface area contributed by atoms with E-state index >= 15 is 0 Å². The van der Waals surface area contributed by atoms with Crippen molar-refractivity contribution in [3.05, 3.63) is 52.6 Å². The molecule has 1 saturated heterocycles.